The van der Waals surface area contributed by atoms with Crippen molar-refractivity contribution in [3.8, 4) is 5.75 Å². The molecule has 0 unspecified atom stereocenters. The number of carbonyl (C=O) groups is 1. The molecule has 2 rings (SSSR count). The maximum absolute atomic E-state index is 12.9. The number of carbonyl (C=O) groups excluding carboxylic acids is 1. The molecule has 0 spiro atoms. The topological polar surface area (TPSA) is 50.4 Å². The van der Waals surface area contributed by atoms with E-state index in [1.807, 2.05) is 24.3 Å². The molecule has 0 aromatic heterocycles. The van der Waals surface area contributed by atoms with Crippen LogP contribution in [0.5, 0.6) is 5.75 Å². The molecule has 25 heavy (non-hydrogen) atoms. The molecule has 0 atom stereocenters. The van der Waals surface area contributed by atoms with Crippen LogP contribution in [-0.4, -0.2) is 26.1 Å². The molecule has 0 fully saturated rings. The van der Waals surface area contributed by atoms with E-state index in [0.717, 1.165) is 17.4 Å². The Labute approximate surface area is 144 Å². The molecule has 0 bridgehead atoms. The second kappa shape index (κ2) is 8.41. The number of nitrogens with one attached hydrogen (secondary N) is 2. The van der Waals surface area contributed by atoms with Crippen LogP contribution in [0.15, 0.2) is 48.5 Å². The third kappa shape index (κ3) is 5.70. The Morgan fingerprint density at radius 3 is 2.60 bits per heavy atom. The van der Waals surface area contributed by atoms with Crippen molar-refractivity contribution in [2.45, 2.75) is 12.6 Å². The Morgan fingerprint density at radius 1 is 1.12 bits per heavy atom. The predicted molar refractivity (Wildman–Crippen MR) is 89.6 cm³/mol. The third-order valence-electron chi connectivity index (χ3n) is 3.54. The molecule has 2 aromatic carbocycles. The molecule has 0 aliphatic rings. The normalized spacial score (nSPS) is 11.0. The first-order chi connectivity index (χ1) is 11.9. The summed E-state index contributed by atoms with van der Waals surface area (Å²) in [4.78, 5) is 11.8. The fourth-order valence-electron chi connectivity index (χ4n) is 2.30. The molecule has 1 amide bonds. The highest BCUT2D eigenvalue weighted by molar-refractivity contribution is 5.81. The van der Waals surface area contributed by atoms with E-state index in [0.29, 0.717) is 13.0 Å². The van der Waals surface area contributed by atoms with E-state index in [1.54, 1.807) is 7.11 Å². The molecule has 0 radical (unpaired) electrons. The number of anilines is 1. The van der Waals surface area contributed by atoms with E-state index >= 15 is 0 Å². The van der Waals surface area contributed by atoms with Crippen LogP contribution in [0.25, 0.3) is 0 Å². The molecular weight excluding hydrogens is 333 g/mol. The number of para-hydroxylation sites is 1. The number of ether oxygens (including phenoxy) is 1. The van der Waals surface area contributed by atoms with Crippen molar-refractivity contribution in [2.24, 2.45) is 0 Å². The highest BCUT2D eigenvalue weighted by Crippen LogP contribution is 2.34. The minimum Gasteiger partial charge on any atom is -0.497 e. The van der Waals surface area contributed by atoms with Crippen molar-refractivity contribution >= 4 is 11.6 Å². The number of alkyl halides is 3. The van der Waals surface area contributed by atoms with Crippen LogP contribution in [0.4, 0.5) is 18.9 Å². The van der Waals surface area contributed by atoms with Gasteiger partial charge in [-0.15, -0.1) is 0 Å². The molecule has 0 heterocycles. The van der Waals surface area contributed by atoms with E-state index in [2.05, 4.69) is 10.6 Å². The van der Waals surface area contributed by atoms with Crippen molar-refractivity contribution in [2.75, 3.05) is 25.5 Å². The summed E-state index contributed by atoms with van der Waals surface area (Å²) < 4.78 is 43.7. The van der Waals surface area contributed by atoms with E-state index in [-0.39, 0.29) is 18.1 Å². The number of amides is 1. The van der Waals surface area contributed by atoms with Gasteiger partial charge in [-0.25, -0.2) is 0 Å². The van der Waals surface area contributed by atoms with Gasteiger partial charge >= 0.3 is 6.18 Å². The summed E-state index contributed by atoms with van der Waals surface area (Å²) in [6.07, 6.45) is -3.87. The first-order valence-electron chi connectivity index (χ1n) is 7.70. The summed E-state index contributed by atoms with van der Waals surface area (Å²) >= 11 is 0. The summed E-state index contributed by atoms with van der Waals surface area (Å²) in [6.45, 7) is 0.153. The molecule has 0 saturated heterocycles. The summed E-state index contributed by atoms with van der Waals surface area (Å²) in [7, 11) is 1.57. The van der Waals surface area contributed by atoms with Gasteiger partial charge in [-0.05, 0) is 36.2 Å². The van der Waals surface area contributed by atoms with Crippen molar-refractivity contribution in [3.05, 3.63) is 59.7 Å². The number of hydrogen-bond donors (Lipinski definition) is 2. The highest BCUT2D eigenvalue weighted by Gasteiger charge is 2.33. The lowest BCUT2D eigenvalue weighted by Crippen LogP contribution is -2.31. The van der Waals surface area contributed by atoms with Crippen LogP contribution in [0.3, 0.4) is 0 Å². The zero-order chi connectivity index (χ0) is 18.3. The predicted octanol–water partition coefficient (Wildman–Crippen LogP) is 3.48. The molecule has 0 saturated carbocycles. The fraction of sp³-hybridized carbons (Fsp3) is 0.278. The van der Waals surface area contributed by atoms with Gasteiger partial charge in [0, 0.05) is 12.2 Å². The standard InChI is InChI=1S/C18H19F3N2O2/c1-25-14-6-4-5-13(11-14)9-10-22-17(24)12-23-16-8-3-2-7-15(16)18(19,20)21/h2-8,11,23H,9-10,12H2,1H3,(H,22,24). The summed E-state index contributed by atoms with van der Waals surface area (Å²) in [5.74, 6) is 0.356. The molecule has 2 N–H and O–H groups in total. The van der Waals surface area contributed by atoms with Crippen molar-refractivity contribution in [3.63, 3.8) is 0 Å². The van der Waals surface area contributed by atoms with Gasteiger partial charge < -0.3 is 15.4 Å². The Morgan fingerprint density at radius 2 is 1.88 bits per heavy atom. The molecule has 134 valence electrons. The van der Waals surface area contributed by atoms with Crippen LogP contribution in [0.2, 0.25) is 0 Å². The van der Waals surface area contributed by atoms with E-state index < -0.39 is 11.7 Å². The lowest BCUT2D eigenvalue weighted by Gasteiger charge is -2.14. The third-order valence-corrected chi connectivity index (χ3v) is 3.54. The Kier molecular flexibility index (Phi) is 6.27. The molecule has 2 aromatic rings. The monoisotopic (exact) mass is 352 g/mol. The number of benzene rings is 2. The zero-order valence-electron chi connectivity index (χ0n) is 13.7. The van der Waals surface area contributed by atoms with Gasteiger partial charge in [0.25, 0.3) is 0 Å². The largest absolute Gasteiger partial charge is 0.497 e. The second-order valence-electron chi connectivity index (χ2n) is 5.35. The molecular formula is C18H19F3N2O2. The van der Waals surface area contributed by atoms with Gasteiger partial charge in [0.2, 0.25) is 5.91 Å². The van der Waals surface area contributed by atoms with Crippen LogP contribution >= 0.6 is 0 Å². The van der Waals surface area contributed by atoms with Crippen LogP contribution in [-0.2, 0) is 17.4 Å². The summed E-state index contributed by atoms with van der Waals surface area (Å²) in [6, 6.07) is 12.5. The van der Waals surface area contributed by atoms with Gasteiger partial charge in [-0.1, -0.05) is 24.3 Å². The van der Waals surface area contributed by atoms with Crippen LogP contribution < -0.4 is 15.4 Å². The molecule has 7 heteroatoms. The highest BCUT2D eigenvalue weighted by atomic mass is 19.4. The average Bonchev–Trinajstić information content (AvgIpc) is 2.59. The molecule has 0 aliphatic carbocycles. The summed E-state index contributed by atoms with van der Waals surface area (Å²) in [5.41, 5.74) is 0.0900. The summed E-state index contributed by atoms with van der Waals surface area (Å²) in [5, 5.41) is 5.21. The number of halogens is 3. The molecule has 0 aliphatic heterocycles. The number of hydrogen-bond acceptors (Lipinski definition) is 3. The van der Waals surface area contributed by atoms with Crippen molar-refractivity contribution < 1.29 is 22.7 Å². The van der Waals surface area contributed by atoms with Gasteiger partial charge in [-0.2, -0.15) is 13.2 Å². The quantitative estimate of drug-likeness (QED) is 0.802. The Balaban J connectivity index is 1.81. The lowest BCUT2D eigenvalue weighted by molar-refractivity contribution is -0.137. The SMILES string of the molecule is COc1cccc(CCNC(=O)CNc2ccccc2C(F)(F)F)c1. The fourth-order valence-corrected chi connectivity index (χ4v) is 2.30. The van der Waals surface area contributed by atoms with E-state index in [9.17, 15) is 18.0 Å². The van der Waals surface area contributed by atoms with E-state index in [4.69, 9.17) is 4.74 Å². The lowest BCUT2D eigenvalue weighted by atomic mass is 10.1. The smallest absolute Gasteiger partial charge is 0.418 e. The Hall–Kier alpha value is -2.70. The van der Waals surface area contributed by atoms with Gasteiger partial charge in [0.05, 0.1) is 19.2 Å². The maximum Gasteiger partial charge on any atom is 0.418 e. The van der Waals surface area contributed by atoms with Crippen molar-refractivity contribution in [1.82, 2.24) is 5.32 Å². The van der Waals surface area contributed by atoms with Gasteiger partial charge in [0.1, 0.15) is 5.75 Å². The van der Waals surface area contributed by atoms with Crippen LogP contribution in [0.1, 0.15) is 11.1 Å². The minimum absolute atomic E-state index is 0.113. The van der Waals surface area contributed by atoms with Crippen LogP contribution in [0, 0.1) is 0 Å². The number of methoxy groups -OCH3 is 1. The second-order valence-corrected chi connectivity index (χ2v) is 5.35. The van der Waals surface area contributed by atoms with Gasteiger partial charge in [0.15, 0.2) is 0 Å². The Bertz CT molecular complexity index is 717. The zero-order valence-corrected chi connectivity index (χ0v) is 13.7. The molecule has 4 nitrogen and oxygen atoms in total. The van der Waals surface area contributed by atoms with Gasteiger partial charge in [-0.3, -0.25) is 4.79 Å². The minimum atomic E-state index is -4.47. The number of rotatable bonds is 7. The van der Waals surface area contributed by atoms with Crippen molar-refractivity contribution in [1.29, 1.82) is 0 Å². The first-order valence-corrected chi connectivity index (χ1v) is 7.70. The van der Waals surface area contributed by atoms with E-state index in [1.165, 1.54) is 18.2 Å². The average molecular weight is 352 g/mol. The maximum atomic E-state index is 12.9. The first kappa shape index (κ1) is 18.6.